The van der Waals surface area contributed by atoms with Gasteiger partial charge in [0.2, 0.25) is 0 Å². The molecule has 0 amide bonds. The second-order valence-corrected chi connectivity index (χ2v) is 3.47. The van der Waals surface area contributed by atoms with Crippen LogP contribution < -0.4 is 0 Å². The van der Waals surface area contributed by atoms with Crippen LogP contribution in [0.25, 0.3) is 11.1 Å². The first kappa shape index (κ1) is 11.7. The zero-order valence-electron chi connectivity index (χ0n) is 9.07. The van der Waals surface area contributed by atoms with Crippen LogP contribution in [0.5, 0.6) is 0 Å². The third-order valence-corrected chi connectivity index (χ3v) is 2.29. The van der Waals surface area contributed by atoms with Crippen LogP contribution in [0.1, 0.15) is 21.0 Å². The summed E-state index contributed by atoms with van der Waals surface area (Å²) in [6, 6.07) is 5.97. The van der Waals surface area contributed by atoms with Gasteiger partial charge in [-0.3, -0.25) is 0 Å². The molecule has 2 aromatic rings. The molecular weight excluding hydrogens is 236 g/mol. The third kappa shape index (κ3) is 2.32. The lowest BCUT2D eigenvalue weighted by molar-refractivity contribution is 0.0679. The van der Waals surface area contributed by atoms with Crippen molar-refractivity contribution in [2.45, 2.75) is 0 Å². The Morgan fingerprint density at radius 2 is 1.22 bits per heavy atom. The number of rotatable bonds is 3. The monoisotopic (exact) mass is 244 g/mol. The summed E-state index contributed by atoms with van der Waals surface area (Å²) in [6.07, 6.45) is 2.72. The van der Waals surface area contributed by atoms with Crippen LogP contribution in [0.15, 0.2) is 36.7 Å². The molecule has 6 nitrogen and oxygen atoms in total. The van der Waals surface area contributed by atoms with Gasteiger partial charge in [-0.25, -0.2) is 19.6 Å². The van der Waals surface area contributed by atoms with Crippen LogP contribution >= 0.6 is 0 Å². The summed E-state index contributed by atoms with van der Waals surface area (Å²) < 4.78 is 0. The molecule has 0 aliphatic heterocycles. The van der Waals surface area contributed by atoms with E-state index < -0.39 is 11.9 Å². The molecule has 18 heavy (non-hydrogen) atoms. The molecule has 90 valence electrons. The first-order chi connectivity index (χ1) is 8.58. The molecule has 0 atom stereocenters. The van der Waals surface area contributed by atoms with Crippen molar-refractivity contribution in [1.29, 1.82) is 0 Å². The van der Waals surface area contributed by atoms with Gasteiger partial charge in [0.15, 0.2) is 0 Å². The maximum absolute atomic E-state index is 10.8. The lowest BCUT2D eigenvalue weighted by Crippen LogP contribution is -2.01. The molecule has 0 saturated carbocycles. The average molecular weight is 244 g/mol. The Kier molecular flexibility index (Phi) is 3.01. The Hall–Kier alpha value is -2.76. The predicted octanol–water partition coefficient (Wildman–Crippen LogP) is 1.54. The van der Waals surface area contributed by atoms with Gasteiger partial charge in [-0.05, 0) is 35.4 Å². The molecule has 0 fully saturated rings. The minimum atomic E-state index is -1.13. The summed E-state index contributed by atoms with van der Waals surface area (Å²) in [5, 5.41) is 17.7. The Morgan fingerprint density at radius 3 is 1.56 bits per heavy atom. The summed E-state index contributed by atoms with van der Waals surface area (Å²) in [7, 11) is 0. The highest BCUT2D eigenvalue weighted by Crippen LogP contribution is 2.19. The van der Waals surface area contributed by atoms with Gasteiger partial charge in [0.1, 0.15) is 11.4 Å². The topological polar surface area (TPSA) is 100 Å². The Balaban J connectivity index is 2.48. The van der Waals surface area contributed by atoms with Crippen molar-refractivity contribution in [3.05, 3.63) is 48.0 Å². The van der Waals surface area contributed by atoms with Gasteiger partial charge >= 0.3 is 11.9 Å². The molecule has 0 spiro atoms. The molecule has 0 aromatic carbocycles. The summed E-state index contributed by atoms with van der Waals surface area (Å²) >= 11 is 0. The van der Waals surface area contributed by atoms with Gasteiger partial charge in [-0.2, -0.15) is 0 Å². The molecule has 0 bridgehead atoms. The fourth-order valence-electron chi connectivity index (χ4n) is 1.45. The van der Waals surface area contributed by atoms with Crippen LogP contribution in [0, 0.1) is 0 Å². The van der Waals surface area contributed by atoms with Gasteiger partial charge in [-0.1, -0.05) is 0 Å². The Bertz CT molecular complexity index is 569. The molecule has 2 rings (SSSR count). The van der Waals surface area contributed by atoms with Crippen LogP contribution in [-0.4, -0.2) is 32.1 Å². The van der Waals surface area contributed by atoms with E-state index in [1.807, 2.05) is 0 Å². The minimum Gasteiger partial charge on any atom is -0.477 e. The molecule has 0 saturated heterocycles. The predicted molar refractivity (Wildman–Crippen MR) is 61.4 cm³/mol. The molecule has 2 aromatic heterocycles. The van der Waals surface area contributed by atoms with E-state index in [-0.39, 0.29) is 11.4 Å². The minimum absolute atomic E-state index is 0.0961. The van der Waals surface area contributed by atoms with Gasteiger partial charge in [0.05, 0.1) is 0 Å². The normalized spacial score (nSPS) is 10.0. The van der Waals surface area contributed by atoms with Crippen molar-refractivity contribution >= 4 is 11.9 Å². The SMILES string of the molecule is O=C(O)c1cc(-c2ccnc(C(=O)O)c2)ccn1. The number of hydrogen-bond acceptors (Lipinski definition) is 4. The maximum Gasteiger partial charge on any atom is 0.354 e. The fraction of sp³-hybridized carbons (Fsp3) is 0. The summed E-state index contributed by atoms with van der Waals surface area (Å²) in [5.74, 6) is -2.27. The Labute approximate surface area is 102 Å². The number of carboxylic acids is 2. The number of pyridine rings is 2. The lowest BCUT2D eigenvalue weighted by Gasteiger charge is -2.03. The molecule has 0 aliphatic rings. The molecule has 0 radical (unpaired) electrons. The molecule has 6 heteroatoms. The highest BCUT2D eigenvalue weighted by atomic mass is 16.4. The quantitative estimate of drug-likeness (QED) is 0.849. The molecular formula is C12H8N2O4. The Morgan fingerprint density at radius 1 is 0.833 bits per heavy atom. The average Bonchev–Trinajstić information content (AvgIpc) is 2.39. The van der Waals surface area contributed by atoms with Gasteiger partial charge in [0, 0.05) is 12.4 Å². The smallest absolute Gasteiger partial charge is 0.354 e. The van der Waals surface area contributed by atoms with Crippen LogP contribution in [0.3, 0.4) is 0 Å². The molecule has 2 heterocycles. The van der Waals surface area contributed by atoms with Crippen molar-refractivity contribution in [3.8, 4) is 11.1 Å². The summed E-state index contributed by atoms with van der Waals surface area (Å²) in [5.41, 5.74) is 0.960. The van der Waals surface area contributed by atoms with E-state index in [9.17, 15) is 9.59 Å². The van der Waals surface area contributed by atoms with Gasteiger partial charge in [-0.15, -0.1) is 0 Å². The van der Waals surface area contributed by atoms with Gasteiger partial charge < -0.3 is 10.2 Å². The van der Waals surface area contributed by atoms with Crippen LogP contribution in [0.2, 0.25) is 0 Å². The van der Waals surface area contributed by atoms with Crippen LogP contribution in [0.4, 0.5) is 0 Å². The van der Waals surface area contributed by atoms with E-state index in [2.05, 4.69) is 9.97 Å². The first-order valence-electron chi connectivity index (χ1n) is 4.97. The zero-order chi connectivity index (χ0) is 13.1. The second-order valence-electron chi connectivity index (χ2n) is 3.47. The lowest BCUT2D eigenvalue weighted by atomic mass is 10.1. The highest BCUT2D eigenvalue weighted by molar-refractivity contribution is 5.89. The number of aromatic carboxylic acids is 2. The first-order valence-corrected chi connectivity index (χ1v) is 4.97. The van der Waals surface area contributed by atoms with E-state index in [1.54, 1.807) is 12.1 Å². The van der Waals surface area contributed by atoms with Crippen molar-refractivity contribution in [2.75, 3.05) is 0 Å². The highest BCUT2D eigenvalue weighted by Gasteiger charge is 2.09. The molecule has 0 unspecified atom stereocenters. The van der Waals surface area contributed by atoms with E-state index >= 15 is 0 Å². The van der Waals surface area contributed by atoms with Crippen LogP contribution in [-0.2, 0) is 0 Å². The fourth-order valence-corrected chi connectivity index (χ4v) is 1.45. The number of aromatic nitrogens is 2. The van der Waals surface area contributed by atoms with E-state index in [0.717, 1.165) is 0 Å². The van der Waals surface area contributed by atoms with E-state index in [0.29, 0.717) is 11.1 Å². The number of carbonyl (C=O) groups is 2. The maximum atomic E-state index is 10.8. The van der Waals surface area contributed by atoms with Crippen molar-refractivity contribution < 1.29 is 19.8 Å². The molecule has 0 aliphatic carbocycles. The van der Waals surface area contributed by atoms with Crippen molar-refractivity contribution in [2.24, 2.45) is 0 Å². The number of hydrogen-bond donors (Lipinski definition) is 2. The van der Waals surface area contributed by atoms with E-state index in [1.165, 1.54) is 24.5 Å². The summed E-state index contributed by atoms with van der Waals surface area (Å²) in [6.45, 7) is 0. The van der Waals surface area contributed by atoms with E-state index in [4.69, 9.17) is 10.2 Å². The third-order valence-electron chi connectivity index (χ3n) is 2.29. The second kappa shape index (κ2) is 4.62. The van der Waals surface area contributed by atoms with Gasteiger partial charge in [0.25, 0.3) is 0 Å². The molecule has 2 N–H and O–H groups in total. The standard InChI is InChI=1S/C12H8N2O4/c15-11(16)9-5-7(1-3-13-9)8-2-4-14-10(6-8)12(17)18/h1-6H,(H,15,16)(H,17,18). The zero-order valence-corrected chi connectivity index (χ0v) is 9.07. The largest absolute Gasteiger partial charge is 0.477 e. The number of carboxylic acid groups (broad SMARTS) is 2. The van der Waals surface area contributed by atoms with Crippen molar-refractivity contribution in [3.63, 3.8) is 0 Å². The van der Waals surface area contributed by atoms with Crippen molar-refractivity contribution in [1.82, 2.24) is 9.97 Å². The number of nitrogens with zero attached hydrogens (tertiary/aromatic N) is 2. The summed E-state index contributed by atoms with van der Waals surface area (Å²) in [4.78, 5) is 29.0.